The summed E-state index contributed by atoms with van der Waals surface area (Å²) >= 11 is 0. The van der Waals surface area contributed by atoms with Gasteiger partial charge in [-0.05, 0) is 52.6 Å². The molecule has 142 valence electrons. The molecule has 0 saturated carbocycles. The summed E-state index contributed by atoms with van der Waals surface area (Å²) in [5.74, 6) is -0.171. The average molecular weight is 379 g/mol. The number of nitrogens with zero attached hydrogens (tertiary/aromatic N) is 1. The molecular weight excluding hydrogens is 357 g/mol. The maximum Gasteiger partial charge on any atom is 0.138 e. The molecule has 0 aliphatic carbocycles. The van der Waals surface area contributed by atoms with Crippen LogP contribution in [-0.2, 0) is 6.42 Å². The van der Waals surface area contributed by atoms with Crippen molar-refractivity contribution in [3.05, 3.63) is 95.8 Å². The Balaban J connectivity index is 1.65. The molecule has 0 radical (unpaired) electrons. The highest BCUT2D eigenvalue weighted by Gasteiger charge is 2.10. The lowest BCUT2D eigenvalue weighted by molar-refractivity contribution is 0.643. The molecule has 0 N–H and O–H groups in total. The smallest absolute Gasteiger partial charge is 0.138 e. The molecule has 0 heterocycles. The predicted octanol–water partition coefficient (Wildman–Crippen LogP) is 7.53. The van der Waals surface area contributed by atoms with Crippen LogP contribution >= 0.6 is 0 Å². The first kappa shape index (κ1) is 18.9. The normalized spacial score (nSPS) is 10.8. The van der Waals surface area contributed by atoms with E-state index in [4.69, 9.17) is 5.26 Å². The average Bonchev–Trinajstić information content (AvgIpc) is 2.78. The Bertz CT molecular complexity index is 1180. The summed E-state index contributed by atoms with van der Waals surface area (Å²) in [5, 5.41) is 10.5. The van der Waals surface area contributed by atoms with Crippen molar-refractivity contribution in [2.24, 2.45) is 0 Å². The van der Waals surface area contributed by atoms with Gasteiger partial charge in [0.1, 0.15) is 5.82 Å². The van der Waals surface area contributed by atoms with Gasteiger partial charge in [0.15, 0.2) is 0 Å². The highest BCUT2D eigenvalue weighted by atomic mass is 19.1. The molecule has 0 spiro atoms. The summed E-state index contributed by atoms with van der Waals surface area (Å²) < 4.78 is 15.2. The van der Waals surface area contributed by atoms with E-state index in [2.05, 4.69) is 19.1 Å². The van der Waals surface area contributed by atoms with E-state index < -0.39 is 0 Å². The van der Waals surface area contributed by atoms with Gasteiger partial charge in [-0.1, -0.05) is 80.1 Å². The van der Waals surface area contributed by atoms with Gasteiger partial charge in [-0.15, -0.1) is 0 Å². The molecule has 4 aromatic rings. The Morgan fingerprint density at radius 1 is 0.793 bits per heavy atom. The van der Waals surface area contributed by atoms with Gasteiger partial charge in [-0.2, -0.15) is 5.26 Å². The number of unbranched alkanes of at least 4 members (excludes halogenated alkanes) is 1. The highest BCUT2D eigenvalue weighted by Crippen LogP contribution is 2.31. The molecule has 0 aliphatic rings. The van der Waals surface area contributed by atoms with E-state index >= 15 is 4.39 Å². The van der Waals surface area contributed by atoms with Crippen molar-refractivity contribution in [3.63, 3.8) is 0 Å². The molecule has 0 amide bonds. The number of rotatable bonds is 5. The topological polar surface area (TPSA) is 23.8 Å². The third-order valence-corrected chi connectivity index (χ3v) is 5.38. The minimum Gasteiger partial charge on any atom is -0.206 e. The summed E-state index contributed by atoms with van der Waals surface area (Å²) in [6.07, 6.45) is 3.34. The molecule has 0 bridgehead atoms. The van der Waals surface area contributed by atoms with Crippen molar-refractivity contribution in [2.75, 3.05) is 0 Å². The zero-order chi connectivity index (χ0) is 20.2. The van der Waals surface area contributed by atoms with Gasteiger partial charge in [0.25, 0.3) is 0 Å². The van der Waals surface area contributed by atoms with Crippen molar-refractivity contribution in [1.82, 2.24) is 0 Å². The molecule has 0 aromatic heterocycles. The molecule has 0 saturated heterocycles. The largest absolute Gasteiger partial charge is 0.206 e. The van der Waals surface area contributed by atoms with Crippen molar-refractivity contribution in [3.8, 4) is 28.3 Å². The Labute approximate surface area is 171 Å². The number of hydrogen-bond acceptors (Lipinski definition) is 1. The summed E-state index contributed by atoms with van der Waals surface area (Å²) in [7, 11) is 0. The van der Waals surface area contributed by atoms with Crippen molar-refractivity contribution in [2.45, 2.75) is 26.2 Å². The van der Waals surface area contributed by atoms with Crippen molar-refractivity contribution < 1.29 is 4.39 Å². The first-order chi connectivity index (χ1) is 14.2. The van der Waals surface area contributed by atoms with Gasteiger partial charge in [-0.3, -0.25) is 0 Å². The van der Waals surface area contributed by atoms with Crippen LogP contribution in [-0.4, -0.2) is 0 Å². The Hall–Kier alpha value is -3.44. The lowest BCUT2D eigenvalue weighted by Gasteiger charge is -2.10. The SMILES string of the molecule is CCCCc1ccc2c(F)c(-c3ccc(-c4ccc(C#N)cc4)cc3)ccc2c1. The van der Waals surface area contributed by atoms with Crippen LogP contribution in [0, 0.1) is 17.1 Å². The second-order valence-corrected chi connectivity index (χ2v) is 7.35. The Kier molecular flexibility index (Phi) is 5.40. The first-order valence-electron chi connectivity index (χ1n) is 10.0. The molecule has 0 unspecified atom stereocenters. The number of hydrogen-bond donors (Lipinski definition) is 0. The third kappa shape index (κ3) is 3.91. The third-order valence-electron chi connectivity index (χ3n) is 5.38. The van der Waals surface area contributed by atoms with Gasteiger partial charge in [0, 0.05) is 10.9 Å². The maximum atomic E-state index is 15.2. The van der Waals surface area contributed by atoms with Crippen LogP contribution in [0.4, 0.5) is 4.39 Å². The molecule has 0 aliphatic heterocycles. The minimum atomic E-state index is -0.171. The summed E-state index contributed by atoms with van der Waals surface area (Å²) in [5.41, 5.74) is 5.45. The number of nitriles is 1. The van der Waals surface area contributed by atoms with Crippen LogP contribution in [0.25, 0.3) is 33.0 Å². The van der Waals surface area contributed by atoms with E-state index in [1.165, 1.54) is 5.56 Å². The zero-order valence-electron chi connectivity index (χ0n) is 16.5. The van der Waals surface area contributed by atoms with E-state index in [0.717, 1.165) is 41.3 Å². The molecule has 0 fully saturated rings. The second-order valence-electron chi connectivity index (χ2n) is 7.35. The van der Waals surface area contributed by atoms with Crippen LogP contribution in [0.5, 0.6) is 0 Å². The fourth-order valence-electron chi connectivity index (χ4n) is 3.68. The lowest BCUT2D eigenvalue weighted by atomic mass is 9.96. The quantitative estimate of drug-likeness (QED) is 0.351. The summed E-state index contributed by atoms with van der Waals surface area (Å²) in [6, 6.07) is 27.4. The Morgan fingerprint density at radius 3 is 2.10 bits per heavy atom. The number of fused-ring (bicyclic) bond motifs is 1. The molecule has 2 heteroatoms. The summed E-state index contributed by atoms with van der Waals surface area (Å²) in [4.78, 5) is 0. The molecule has 4 rings (SSSR count). The fraction of sp³-hybridized carbons (Fsp3) is 0.148. The number of halogens is 1. The minimum absolute atomic E-state index is 0.171. The van der Waals surface area contributed by atoms with Crippen LogP contribution in [0.3, 0.4) is 0 Å². The molecular formula is C27H22FN. The van der Waals surface area contributed by atoms with E-state index in [9.17, 15) is 0 Å². The van der Waals surface area contributed by atoms with E-state index in [-0.39, 0.29) is 5.82 Å². The number of benzene rings is 4. The first-order valence-corrected chi connectivity index (χ1v) is 10.0. The van der Waals surface area contributed by atoms with Crippen LogP contribution in [0.2, 0.25) is 0 Å². The Morgan fingerprint density at radius 2 is 1.45 bits per heavy atom. The van der Waals surface area contributed by atoms with Crippen molar-refractivity contribution in [1.29, 1.82) is 5.26 Å². The fourth-order valence-corrected chi connectivity index (χ4v) is 3.68. The predicted molar refractivity (Wildman–Crippen MR) is 118 cm³/mol. The molecule has 4 aromatic carbocycles. The highest BCUT2D eigenvalue weighted by molar-refractivity contribution is 5.89. The van der Waals surface area contributed by atoms with Gasteiger partial charge in [-0.25, -0.2) is 4.39 Å². The zero-order valence-corrected chi connectivity index (χ0v) is 16.5. The van der Waals surface area contributed by atoms with Crippen molar-refractivity contribution >= 4 is 10.8 Å². The standard InChI is InChI=1S/C27H22FN/c1-2-3-4-19-7-15-26-24(17-19)14-16-25(27(26)28)23-12-10-22(11-13-23)21-8-5-20(18-29)6-9-21/h5-17H,2-4H2,1H3. The molecule has 0 atom stereocenters. The van der Waals surface area contributed by atoms with Crippen LogP contribution in [0.1, 0.15) is 30.9 Å². The number of aryl methyl sites for hydroxylation is 1. The monoisotopic (exact) mass is 379 g/mol. The molecule has 1 nitrogen and oxygen atoms in total. The van der Waals surface area contributed by atoms with Gasteiger partial charge < -0.3 is 0 Å². The maximum absolute atomic E-state index is 15.2. The van der Waals surface area contributed by atoms with E-state index in [0.29, 0.717) is 16.5 Å². The summed E-state index contributed by atoms with van der Waals surface area (Å²) in [6.45, 7) is 2.18. The van der Waals surface area contributed by atoms with Crippen LogP contribution < -0.4 is 0 Å². The van der Waals surface area contributed by atoms with Crippen LogP contribution in [0.15, 0.2) is 78.9 Å². The van der Waals surface area contributed by atoms with E-state index in [1.54, 1.807) is 12.1 Å². The molecule has 29 heavy (non-hydrogen) atoms. The lowest BCUT2D eigenvalue weighted by Crippen LogP contribution is -1.90. The van der Waals surface area contributed by atoms with Gasteiger partial charge in [0.2, 0.25) is 0 Å². The second kappa shape index (κ2) is 8.29. The van der Waals surface area contributed by atoms with Gasteiger partial charge in [0.05, 0.1) is 11.6 Å². The van der Waals surface area contributed by atoms with Gasteiger partial charge >= 0.3 is 0 Å². The van der Waals surface area contributed by atoms with E-state index in [1.807, 2.05) is 60.7 Å².